The maximum absolute atomic E-state index is 12.5. The van der Waals surface area contributed by atoms with Crippen LogP contribution in [0.15, 0.2) is 60.7 Å². The van der Waals surface area contributed by atoms with Gasteiger partial charge in [0.15, 0.2) is 11.5 Å². The number of amides is 1. The fourth-order valence-corrected chi connectivity index (χ4v) is 2.97. The predicted molar refractivity (Wildman–Crippen MR) is 103 cm³/mol. The van der Waals surface area contributed by atoms with Crippen molar-refractivity contribution in [2.75, 3.05) is 23.8 Å². The molecule has 0 bridgehead atoms. The minimum absolute atomic E-state index is 0.102. The average Bonchev–Trinajstić information content (AvgIpc) is 2.67. The van der Waals surface area contributed by atoms with E-state index in [1.165, 1.54) is 0 Å². The molecule has 0 aromatic heterocycles. The Hall–Kier alpha value is -3.21. The van der Waals surface area contributed by atoms with Crippen LogP contribution in [-0.2, 0) is 4.79 Å². The Morgan fingerprint density at radius 1 is 0.885 bits per heavy atom. The molecule has 0 fully saturated rings. The lowest BCUT2D eigenvalue weighted by Gasteiger charge is -2.20. The quantitative estimate of drug-likeness (QED) is 0.747. The summed E-state index contributed by atoms with van der Waals surface area (Å²) in [5, 5.41) is 8.40. The second kappa shape index (κ2) is 6.96. The molecule has 1 aliphatic heterocycles. The van der Waals surface area contributed by atoms with Gasteiger partial charge in [0.25, 0.3) is 0 Å². The first kappa shape index (κ1) is 16.3. The Labute approximate surface area is 151 Å². The minimum atomic E-state index is -0.399. The van der Waals surface area contributed by atoms with Gasteiger partial charge in [-0.15, -0.1) is 0 Å². The molecule has 0 spiro atoms. The maximum Gasteiger partial charge on any atom is 0.246 e. The molecule has 3 aromatic rings. The first-order valence-corrected chi connectivity index (χ1v) is 8.65. The molecule has 1 amide bonds. The first-order valence-electron chi connectivity index (χ1n) is 8.65. The van der Waals surface area contributed by atoms with Crippen LogP contribution in [-0.4, -0.2) is 25.2 Å². The van der Waals surface area contributed by atoms with E-state index in [2.05, 4.69) is 10.6 Å². The normalized spacial score (nSPS) is 13.9. The van der Waals surface area contributed by atoms with E-state index in [9.17, 15) is 4.79 Å². The highest BCUT2D eigenvalue weighted by atomic mass is 16.6. The van der Waals surface area contributed by atoms with Crippen LogP contribution in [0.25, 0.3) is 10.8 Å². The zero-order chi connectivity index (χ0) is 17.9. The van der Waals surface area contributed by atoms with Crippen LogP contribution < -0.4 is 20.1 Å². The van der Waals surface area contributed by atoms with E-state index in [4.69, 9.17) is 9.47 Å². The highest BCUT2D eigenvalue weighted by Crippen LogP contribution is 2.32. The number of hydrogen-bond donors (Lipinski definition) is 2. The van der Waals surface area contributed by atoms with Crippen molar-refractivity contribution in [1.29, 1.82) is 0 Å². The van der Waals surface area contributed by atoms with Crippen molar-refractivity contribution in [3.63, 3.8) is 0 Å². The largest absolute Gasteiger partial charge is 0.486 e. The molecule has 0 radical (unpaired) electrons. The van der Waals surface area contributed by atoms with Gasteiger partial charge in [0.2, 0.25) is 5.91 Å². The molecular formula is C21H20N2O3. The van der Waals surface area contributed by atoms with Gasteiger partial charge in [-0.2, -0.15) is 0 Å². The SMILES string of the molecule is CC(Nc1ccc2c(c1)OCCO2)C(=O)Nc1ccc2ccccc2c1. The second-order valence-corrected chi connectivity index (χ2v) is 6.28. The number of fused-ring (bicyclic) bond motifs is 2. The summed E-state index contributed by atoms with van der Waals surface area (Å²) >= 11 is 0. The van der Waals surface area contributed by atoms with Gasteiger partial charge < -0.3 is 20.1 Å². The predicted octanol–water partition coefficient (Wildman–Crippen LogP) is 4.05. The third-order valence-electron chi connectivity index (χ3n) is 4.34. The monoisotopic (exact) mass is 348 g/mol. The molecule has 132 valence electrons. The van der Waals surface area contributed by atoms with Gasteiger partial charge in [0.1, 0.15) is 19.3 Å². The van der Waals surface area contributed by atoms with E-state index in [0.717, 1.165) is 27.9 Å². The fourth-order valence-electron chi connectivity index (χ4n) is 2.97. The standard InChI is InChI=1S/C21H20N2O3/c1-14(22-18-8-9-19-20(13-18)26-11-10-25-19)21(24)23-17-7-6-15-4-2-3-5-16(15)12-17/h2-9,12-14,22H,10-11H2,1H3,(H,23,24). The number of benzene rings is 3. The van der Waals surface area contributed by atoms with Crippen molar-refractivity contribution >= 4 is 28.1 Å². The van der Waals surface area contributed by atoms with Crippen molar-refractivity contribution in [2.45, 2.75) is 13.0 Å². The zero-order valence-electron chi connectivity index (χ0n) is 14.5. The van der Waals surface area contributed by atoms with Crippen LogP contribution in [0.2, 0.25) is 0 Å². The van der Waals surface area contributed by atoms with E-state index >= 15 is 0 Å². The number of nitrogens with one attached hydrogen (secondary N) is 2. The molecule has 1 heterocycles. The molecule has 0 aliphatic carbocycles. The lowest BCUT2D eigenvalue weighted by atomic mass is 10.1. The lowest BCUT2D eigenvalue weighted by Crippen LogP contribution is -2.31. The lowest BCUT2D eigenvalue weighted by molar-refractivity contribution is -0.116. The minimum Gasteiger partial charge on any atom is -0.486 e. The number of ether oxygens (including phenoxy) is 2. The van der Waals surface area contributed by atoms with Gasteiger partial charge in [-0.05, 0) is 42.0 Å². The Morgan fingerprint density at radius 2 is 1.62 bits per heavy atom. The molecule has 5 nitrogen and oxygen atoms in total. The Kier molecular flexibility index (Phi) is 4.35. The molecule has 0 saturated heterocycles. The summed E-state index contributed by atoms with van der Waals surface area (Å²) in [4.78, 5) is 12.5. The Bertz CT molecular complexity index is 955. The van der Waals surface area contributed by atoms with Crippen molar-refractivity contribution in [3.05, 3.63) is 60.7 Å². The van der Waals surface area contributed by atoms with Crippen molar-refractivity contribution in [3.8, 4) is 11.5 Å². The van der Waals surface area contributed by atoms with Crippen LogP contribution in [0, 0.1) is 0 Å². The van der Waals surface area contributed by atoms with Gasteiger partial charge >= 0.3 is 0 Å². The average molecular weight is 348 g/mol. The van der Waals surface area contributed by atoms with Crippen LogP contribution in [0.1, 0.15) is 6.92 Å². The Balaban J connectivity index is 1.44. The third kappa shape index (κ3) is 3.42. The highest BCUT2D eigenvalue weighted by molar-refractivity contribution is 5.98. The molecule has 1 unspecified atom stereocenters. The summed E-state index contributed by atoms with van der Waals surface area (Å²) in [6, 6.07) is 19.1. The number of anilines is 2. The topological polar surface area (TPSA) is 59.6 Å². The molecule has 26 heavy (non-hydrogen) atoms. The summed E-state index contributed by atoms with van der Waals surface area (Å²) in [6.45, 7) is 2.92. The van der Waals surface area contributed by atoms with Crippen LogP contribution in [0.4, 0.5) is 11.4 Å². The van der Waals surface area contributed by atoms with E-state index in [-0.39, 0.29) is 5.91 Å². The smallest absolute Gasteiger partial charge is 0.246 e. The van der Waals surface area contributed by atoms with Crippen LogP contribution in [0.3, 0.4) is 0 Å². The number of rotatable bonds is 4. The van der Waals surface area contributed by atoms with E-state index in [1.807, 2.05) is 67.6 Å². The zero-order valence-corrected chi connectivity index (χ0v) is 14.5. The van der Waals surface area contributed by atoms with Crippen molar-refractivity contribution < 1.29 is 14.3 Å². The maximum atomic E-state index is 12.5. The highest BCUT2D eigenvalue weighted by Gasteiger charge is 2.16. The molecule has 2 N–H and O–H groups in total. The molecule has 0 saturated carbocycles. The Morgan fingerprint density at radius 3 is 2.46 bits per heavy atom. The molecule has 5 heteroatoms. The summed E-state index contributed by atoms with van der Waals surface area (Å²) < 4.78 is 11.1. The second-order valence-electron chi connectivity index (χ2n) is 6.28. The van der Waals surface area contributed by atoms with Gasteiger partial charge in [-0.3, -0.25) is 4.79 Å². The molecule has 1 atom stereocenters. The van der Waals surface area contributed by atoms with Crippen molar-refractivity contribution in [1.82, 2.24) is 0 Å². The third-order valence-corrected chi connectivity index (χ3v) is 4.34. The fraction of sp³-hybridized carbons (Fsp3) is 0.190. The molecule has 1 aliphatic rings. The van der Waals surface area contributed by atoms with Gasteiger partial charge in [0, 0.05) is 17.4 Å². The van der Waals surface area contributed by atoms with Gasteiger partial charge in [0.05, 0.1) is 0 Å². The number of carbonyl (C=O) groups is 1. The van der Waals surface area contributed by atoms with E-state index < -0.39 is 6.04 Å². The summed E-state index contributed by atoms with van der Waals surface area (Å²) in [5.41, 5.74) is 1.60. The summed E-state index contributed by atoms with van der Waals surface area (Å²) in [5.74, 6) is 1.33. The summed E-state index contributed by atoms with van der Waals surface area (Å²) in [7, 11) is 0. The molecule has 4 rings (SSSR count). The number of carbonyl (C=O) groups excluding carboxylic acids is 1. The first-order chi connectivity index (χ1) is 12.7. The van der Waals surface area contributed by atoms with Gasteiger partial charge in [-0.25, -0.2) is 0 Å². The van der Waals surface area contributed by atoms with E-state index in [0.29, 0.717) is 19.0 Å². The van der Waals surface area contributed by atoms with E-state index in [1.54, 1.807) is 0 Å². The van der Waals surface area contributed by atoms with Crippen LogP contribution in [0.5, 0.6) is 11.5 Å². The summed E-state index contributed by atoms with van der Waals surface area (Å²) in [6.07, 6.45) is 0. The molecular weight excluding hydrogens is 328 g/mol. The van der Waals surface area contributed by atoms with Crippen molar-refractivity contribution in [2.24, 2.45) is 0 Å². The molecule has 3 aromatic carbocycles. The number of hydrogen-bond acceptors (Lipinski definition) is 4. The van der Waals surface area contributed by atoms with Crippen LogP contribution >= 0.6 is 0 Å². The van der Waals surface area contributed by atoms with Gasteiger partial charge in [-0.1, -0.05) is 30.3 Å².